The van der Waals surface area contributed by atoms with Crippen molar-refractivity contribution in [1.29, 1.82) is 0 Å². The predicted octanol–water partition coefficient (Wildman–Crippen LogP) is 1.32. The Labute approximate surface area is 185 Å². The first-order chi connectivity index (χ1) is 14.8. The van der Waals surface area contributed by atoms with Gasteiger partial charge in [0.15, 0.2) is 5.11 Å². The average molecular weight is 440 g/mol. The van der Waals surface area contributed by atoms with Gasteiger partial charge in [-0.25, -0.2) is 4.98 Å². The van der Waals surface area contributed by atoms with E-state index in [4.69, 9.17) is 26.4 Å². The standard InChI is InChI=1S/C21H37N5O3S/c1-2-27-17-18-29-16-13-25-10-6-22-20(25)19-3-7-26(8-4-19)21(30)23-5-9-24-11-14-28-15-12-24/h6,10,19H,2-5,7-9,11-18H2,1H3,(H,23,30). The van der Waals surface area contributed by atoms with E-state index in [0.717, 1.165) is 83.6 Å². The largest absolute Gasteiger partial charge is 0.379 e. The Morgan fingerprint density at radius 2 is 1.90 bits per heavy atom. The van der Waals surface area contributed by atoms with Crippen LogP contribution in [-0.2, 0) is 20.8 Å². The van der Waals surface area contributed by atoms with Gasteiger partial charge in [0.2, 0.25) is 0 Å². The van der Waals surface area contributed by atoms with Crippen LogP contribution in [0.2, 0.25) is 0 Å². The molecule has 8 nitrogen and oxygen atoms in total. The van der Waals surface area contributed by atoms with Crippen LogP contribution in [-0.4, -0.2) is 103 Å². The van der Waals surface area contributed by atoms with Crippen molar-refractivity contribution in [2.75, 3.05) is 78.9 Å². The molecule has 1 N–H and O–H groups in total. The van der Waals surface area contributed by atoms with Gasteiger partial charge in [0.1, 0.15) is 5.82 Å². The molecular formula is C21H37N5O3S. The highest BCUT2D eigenvalue weighted by atomic mass is 32.1. The summed E-state index contributed by atoms with van der Waals surface area (Å²) in [4.78, 5) is 9.36. The summed E-state index contributed by atoms with van der Waals surface area (Å²) in [6, 6.07) is 0. The van der Waals surface area contributed by atoms with Gasteiger partial charge in [0.05, 0.1) is 33.0 Å². The van der Waals surface area contributed by atoms with Crippen LogP contribution in [0.4, 0.5) is 0 Å². The molecule has 30 heavy (non-hydrogen) atoms. The van der Waals surface area contributed by atoms with Gasteiger partial charge in [-0.1, -0.05) is 0 Å². The van der Waals surface area contributed by atoms with E-state index >= 15 is 0 Å². The minimum absolute atomic E-state index is 0.482. The van der Waals surface area contributed by atoms with Crippen LogP contribution in [0.25, 0.3) is 0 Å². The van der Waals surface area contributed by atoms with Crippen LogP contribution in [0, 0.1) is 0 Å². The summed E-state index contributed by atoms with van der Waals surface area (Å²) >= 11 is 5.63. The van der Waals surface area contributed by atoms with Crippen LogP contribution in [0.15, 0.2) is 12.4 Å². The zero-order valence-electron chi connectivity index (χ0n) is 18.3. The van der Waals surface area contributed by atoms with E-state index in [9.17, 15) is 0 Å². The first-order valence-electron chi connectivity index (χ1n) is 11.3. The van der Waals surface area contributed by atoms with E-state index in [1.165, 1.54) is 5.82 Å². The summed E-state index contributed by atoms with van der Waals surface area (Å²) in [7, 11) is 0. The first-order valence-corrected chi connectivity index (χ1v) is 11.7. The fraction of sp³-hybridized carbons (Fsp3) is 0.810. The summed E-state index contributed by atoms with van der Waals surface area (Å²) in [5.74, 6) is 1.66. The van der Waals surface area contributed by atoms with E-state index in [1.54, 1.807) is 0 Å². The van der Waals surface area contributed by atoms with Crippen molar-refractivity contribution in [2.24, 2.45) is 0 Å². The lowest BCUT2D eigenvalue weighted by atomic mass is 9.96. The normalized spacial score (nSPS) is 18.6. The third kappa shape index (κ3) is 7.46. The maximum absolute atomic E-state index is 5.66. The molecule has 1 aromatic rings. The Kier molecular flexibility index (Phi) is 10.3. The zero-order chi connectivity index (χ0) is 21.0. The topological polar surface area (TPSA) is 64.0 Å². The van der Waals surface area contributed by atoms with Crippen molar-refractivity contribution < 1.29 is 14.2 Å². The van der Waals surface area contributed by atoms with Crippen molar-refractivity contribution in [3.63, 3.8) is 0 Å². The lowest BCUT2D eigenvalue weighted by Gasteiger charge is -2.34. The summed E-state index contributed by atoms with van der Waals surface area (Å²) in [6.07, 6.45) is 6.12. The molecule has 0 saturated carbocycles. The number of morpholine rings is 1. The maximum atomic E-state index is 5.66. The second-order valence-corrected chi connectivity index (χ2v) is 8.12. The molecule has 2 aliphatic heterocycles. The number of ether oxygens (including phenoxy) is 3. The molecule has 0 unspecified atom stereocenters. The maximum Gasteiger partial charge on any atom is 0.168 e. The Bertz CT molecular complexity index is 616. The highest BCUT2D eigenvalue weighted by Gasteiger charge is 2.25. The third-order valence-corrected chi connectivity index (χ3v) is 6.16. The van der Waals surface area contributed by atoms with Gasteiger partial charge in [-0.15, -0.1) is 0 Å². The first kappa shape index (κ1) is 23.4. The summed E-state index contributed by atoms with van der Waals surface area (Å²) in [5, 5.41) is 4.32. The average Bonchev–Trinajstić information content (AvgIpc) is 3.25. The van der Waals surface area contributed by atoms with E-state index in [2.05, 4.69) is 30.9 Å². The molecule has 170 valence electrons. The molecule has 0 amide bonds. The van der Waals surface area contributed by atoms with Crippen molar-refractivity contribution in [3.05, 3.63) is 18.2 Å². The minimum Gasteiger partial charge on any atom is -0.379 e. The lowest BCUT2D eigenvalue weighted by molar-refractivity contribution is 0.0388. The fourth-order valence-electron chi connectivity index (χ4n) is 4.00. The number of nitrogens with one attached hydrogen (secondary N) is 1. The number of thiocarbonyl (C=S) groups is 1. The molecule has 0 aliphatic carbocycles. The van der Waals surface area contributed by atoms with E-state index in [1.807, 2.05) is 13.1 Å². The lowest BCUT2D eigenvalue weighted by Crippen LogP contribution is -2.47. The molecule has 9 heteroatoms. The molecule has 0 atom stereocenters. The number of aromatic nitrogens is 2. The van der Waals surface area contributed by atoms with E-state index < -0.39 is 0 Å². The molecule has 0 spiro atoms. The van der Waals surface area contributed by atoms with Gasteiger partial charge in [-0.05, 0) is 32.0 Å². The summed E-state index contributed by atoms with van der Waals surface area (Å²) in [5.41, 5.74) is 0. The van der Waals surface area contributed by atoms with Gasteiger partial charge >= 0.3 is 0 Å². The molecule has 0 bridgehead atoms. The Morgan fingerprint density at radius 3 is 2.67 bits per heavy atom. The highest BCUT2D eigenvalue weighted by molar-refractivity contribution is 7.80. The van der Waals surface area contributed by atoms with Crippen molar-refractivity contribution in [3.8, 4) is 0 Å². The minimum atomic E-state index is 0.482. The second-order valence-electron chi connectivity index (χ2n) is 7.74. The number of rotatable bonds is 11. The molecule has 0 aromatic carbocycles. The predicted molar refractivity (Wildman–Crippen MR) is 121 cm³/mol. The van der Waals surface area contributed by atoms with Gasteiger partial charge in [0.25, 0.3) is 0 Å². The molecule has 0 radical (unpaired) electrons. The van der Waals surface area contributed by atoms with Crippen LogP contribution >= 0.6 is 12.2 Å². The quantitative estimate of drug-likeness (QED) is 0.409. The summed E-state index contributed by atoms with van der Waals surface area (Å²) in [6.45, 7) is 13.1. The van der Waals surface area contributed by atoms with Crippen LogP contribution < -0.4 is 5.32 Å². The monoisotopic (exact) mass is 439 g/mol. The Morgan fingerprint density at radius 1 is 1.13 bits per heavy atom. The molecule has 1 aromatic heterocycles. The fourth-order valence-corrected chi connectivity index (χ4v) is 4.28. The van der Waals surface area contributed by atoms with Crippen molar-refractivity contribution in [2.45, 2.75) is 32.2 Å². The molecule has 3 rings (SSSR count). The van der Waals surface area contributed by atoms with E-state index in [-0.39, 0.29) is 0 Å². The van der Waals surface area contributed by atoms with Crippen LogP contribution in [0.1, 0.15) is 31.5 Å². The second kappa shape index (κ2) is 13.2. The smallest absolute Gasteiger partial charge is 0.168 e. The molecule has 2 fully saturated rings. The van der Waals surface area contributed by atoms with Crippen molar-refractivity contribution in [1.82, 2.24) is 24.7 Å². The number of likely N-dealkylation sites (tertiary alicyclic amines) is 1. The molecule has 2 saturated heterocycles. The number of hydrogen-bond donors (Lipinski definition) is 1. The molecule has 2 aliphatic rings. The molecule has 3 heterocycles. The summed E-state index contributed by atoms with van der Waals surface area (Å²) < 4.78 is 18.6. The van der Waals surface area contributed by atoms with E-state index in [0.29, 0.717) is 25.7 Å². The Balaban J connectivity index is 1.34. The zero-order valence-corrected chi connectivity index (χ0v) is 19.1. The number of nitrogens with zero attached hydrogens (tertiary/aromatic N) is 4. The molecular weight excluding hydrogens is 402 g/mol. The Hall–Kier alpha value is -1.26. The van der Waals surface area contributed by atoms with Crippen molar-refractivity contribution >= 4 is 17.3 Å². The van der Waals surface area contributed by atoms with Gasteiger partial charge in [0, 0.05) is 70.7 Å². The van der Waals surface area contributed by atoms with Crippen LogP contribution in [0.3, 0.4) is 0 Å². The number of imidazole rings is 1. The number of piperidine rings is 1. The van der Waals surface area contributed by atoms with Crippen LogP contribution in [0.5, 0.6) is 0 Å². The SMILES string of the molecule is CCOCCOCCn1ccnc1C1CCN(C(=S)NCCN2CCOCC2)CC1. The van der Waals surface area contributed by atoms with Gasteiger partial charge < -0.3 is 29.0 Å². The highest BCUT2D eigenvalue weighted by Crippen LogP contribution is 2.27. The van der Waals surface area contributed by atoms with Gasteiger partial charge in [-0.3, -0.25) is 4.90 Å². The third-order valence-electron chi connectivity index (χ3n) is 5.76. The number of hydrogen-bond acceptors (Lipinski definition) is 6. The van der Waals surface area contributed by atoms with Gasteiger partial charge in [-0.2, -0.15) is 0 Å².